The van der Waals surface area contributed by atoms with Gasteiger partial charge in [-0.2, -0.15) is 0 Å². The zero-order valence-corrected chi connectivity index (χ0v) is 10.5. The van der Waals surface area contributed by atoms with Crippen molar-refractivity contribution in [2.45, 2.75) is 25.0 Å². The lowest BCUT2D eigenvalue weighted by Gasteiger charge is -2.05. The van der Waals surface area contributed by atoms with Crippen LogP contribution in [0.25, 0.3) is 0 Å². The lowest BCUT2D eigenvalue weighted by Crippen LogP contribution is -2.21. The summed E-state index contributed by atoms with van der Waals surface area (Å²) in [5.74, 6) is 0. The first-order valence-electron chi connectivity index (χ1n) is 5.36. The second kappa shape index (κ2) is 5.56. The number of hydrogen-bond donors (Lipinski definition) is 1. The van der Waals surface area contributed by atoms with Crippen molar-refractivity contribution in [1.82, 2.24) is 5.32 Å². The van der Waals surface area contributed by atoms with E-state index in [4.69, 9.17) is 0 Å². The van der Waals surface area contributed by atoms with Crippen LogP contribution in [-0.2, 0) is 6.42 Å². The molecule has 82 valence electrons. The molecule has 1 unspecified atom stereocenters. The lowest BCUT2D eigenvalue weighted by atomic mass is 10.3. The van der Waals surface area contributed by atoms with Crippen LogP contribution in [0.15, 0.2) is 22.5 Å². The number of thioether (sulfide) groups is 1. The largest absolute Gasteiger partial charge is 0.365 e. The molecule has 0 aliphatic carbocycles. The van der Waals surface area contributed by atoms with Crippen molar-refractivity contribution in [3.05, 3.63) is 22.4 Å². The van der Waals surface area contributed by atoms with Crippen LogP contribution in [0.2, 0.25) is 0 Å². The normalized spacial score (nSPS) is 20.3. The summed E-state index contributed by atoms with van der Waals surface area (Å²) in [7, 11) is 0. The minimum Gasteiger partial charge on any atom is -0.365 e. The van der Waals surface area contributed by atoms with Gasteiger partial charge in [0.1, 0.15) is 0 Å². The van der Waals surface area contributed by atoms with Gasteiger partial charge in [0.05, 0.1) is 6.54 Å². The highest BCUT2D eigenvalue weighted by molar-refractivity contribution is 8.14. The Morgan fingerprint density at radius 1 is 1.60 bits per heavy atom. The third-order valence-electron chi connectivity index (χ3n) is 2.40. The summed E-state index contributed by atoms with van der Waals surface area (Å²) < 4.78 is 0. The molecule has 4 heteroatoms. The molecule has 0 bridgehead atoms. The molecule has 2 nitrogen and oxygen atoms in total. The highest BCUT2D eigenvalue weighted by Crippen LogP contribution is 2.21. The van der Waals surface area contributed by atoms with Gasteiger partial charge < -0.3 is 5.32 Å². The van der Waals surface area contributed by atoms with Gasteiger partial charge in [-0.25, -0.2) is 0 Å². The predicted molar refractivity (Wildman–Crippen MR) is 70.0 cm³/mol. The van der Waals surface area contributed by atoms with Crippen LogP contribution in [0.1, 0.15) is 18.2 Å². The number of thiophene rings is 1. The monoisotopic (exact) mass is 240 g/mol. The fourth-order valence-corrected chi connectivity index (χ4v) is 3.15. The number of nitrogens with one attached hydrogen (secondary N) is 1. The Morgan fingerprint density at radius 3 is 3.20 bits per heavy atom. The van der Waals surface area contributed by atoms with Gasteiger partial charge >= 0.3 is 0 Å². The third-order valence-corrected chi connectivity index (χ3v) is 4.65. The lowest BCUT2D eigenvalue weighted by molar-refractivity contribution is 0.837. The van der Waals surface area contributed by atoms with Crippen LogP contribution in [0.4, 0.5) is 0 Å². The van der Waals surface area contributed by atoms with Crippen LogP contribution in [-0.4, -0.2) is 23.5 Å². The summed E-state index contributed by atoms with van der Waals surface area (Å²) in [4.78, 5) is 5.92. The molecule has 0 aromatic carbocycles. The van der Waals surface area contributed by atoms with Crippen molar-refractivity contribution >= 4 is 28.3 Å². The van der Waals surface area contributed by atoms with Gasteiger partial charge in [-0.15, -0.1) is 11.3 Å². The maximum Gasteiger partial charge on any atom is 0.156 e. The average molecular weight is 240 g/mol. The van der Waals surface area contributed by atoms with Crippen molar-refractivity contribution in [1.29, 1.82) is 0 Å². The average Bonchev–Trinajstić information content (AvgIpc) is 2.88. The second-order valence-corrected chi connectivity index (χ2v) is 5.87. The summed E-state index contributed by atoms with van der Waals surface area (Å²) in [5, 5.41) is 7.37. The van der Waals surface area contributed by atoms with Crippen LogP contribution in [0.3, 0.4) is 0 Å². The first-order chi connectivity index (χ1) is 7.38. The Bertz CT molecular complexity index is 319. The van der Waals surface area contributed by atoms with E-state index in [1.54, 1.807) is 0 Å². The van der Waals surface area contributed by atoms with Gasteiger partial charge in [-0.05, 0) is 24.3 Å². The molecule has 15 heavy (non-hydrogen) atoms. The Kier molecular flexibility index (Phi) is 4.09. The van der Waals surface area contributed by atoms with Gasteiger partial charge in [-0.3, -0.25) is 4.99 Å². The molecular weight excluding hydrogens is 224 g/mol. The van der Waals surface area contributed by atoms with E-state index in [0.29, 0.717) is 5.25 Å². The fourth-order valence-electron chi connectivity index (χ4n) is 1.47. The molecule has 0 spiro atoms. The highest BCUT2D eigenvalue weighted by Gasteiger charge is 2.16. The molecule has 1 aliphatic rings. The van der Waals surface area contributed by atoms with Gasteiger partial charge in [0.25, 0.3) is 0 Å². The molecule has 0 amide bonds. The van der Waals surface area contributed by atoms with Gasteiger partial charge in [-0.1, -0.05) is 24.8 Å². The number of rotatable bonds is 4. The first kappa shape index (κ1) is 11.0. The number of amidine groups is 1. The predicted octanol–water partition coefficient (Wildman–Crippen LogP) is 2.76. The van der Waals surface area contributed by atoms with Crippen LogP contribution >= 0.6 is 23.1 Å². The van der Waals surface area contributed by atoms with Crippen LogP contribution < -0.4 is 5.32 Å². The number of nitrogens with zero attached hydrogens (tertiary/aromatic N) is 1. The summed E-state index contributed by atoms with van der Waals surface area (Å²) in [6, 6.07) is 4.29. The van der Waals surface area contributed by atoms with E-state index in [-0.39, 0.29) is 0 Å². The number of hydrogen-bond acceptors (Lipinski definition) is 4. The third kappa shape index (κ3) is 3.24. The van der Waals surface area contributed by atoms with Crippen molar-refractivity contribution in [2.24, 2.45) is 4.99 Å². The van der Waals surface area contributed by atoms with Gasteiger partial charge in [0.15, 0.2) is 5.17 Å². The molecule has 1 aromatic rings. The number of aliphatic imine (C=N–C) groups is 1. The minimum absolute atomic E-state index is 0.703. The summed E-state index contributed by atoms with van der Waals surface area (Å²) >= 11 is 3.71. The maximum absolute atomic E-state index is 4.48. The van der Waals surface area contributed by atoms with Crippen LogP contribution in [0, 0.1) is 0 Å². The van der Waals surface area contributed by atoms with E-state index >= 15 is 0 Å². The standard InChI is InChI=1S/C11H16N2S2/c1-2-9-8-13-11(15-9)12-6-5-10-4-3-7-14-10/h3-4,7,9H,2,5-6,8H2,1H3,(H,12,13). The highest BCUT2D eigenvalue weighted by atomic mass is 32.2. The molecule has 2 heterocycles. The molecule has 1 aromatic heterocycles. The Labute approximate surface area is 99.2 Å². The SMILES string of the molecule is CCC1CN=C(NCCc2cccs2)S1. The van der Waals surface area contributed by atoms with Crippen molar-refractivity contribution in [3.63, 3.8) is 0 Å². The molecule has 0 fully saturated rings. The quantitative estimate of drug-likeness (QED) is 0.875. The smallest absolute Gasteiger partial charge is 0.156 e. The zero-order chi connectivity index (χ0) is 10.5. The summed E-state index contributed by atoms with van der Waals surface area (Å²) in [6.45, 7) is 4.22. The molecular formula is C11H16N2S2. The zero-order valence-electron chi connectivity index (χ0n) is 8.90. The van der Waals surface area contributed by atoms with Gasteiger partial charge in [0, 0.05) is 16.7 Å². The molecule has 1 atom stereocenters. The maximum atomic E-state index is 4.48. The summed E-state index contributed by atoms with van der Waals surface area (Å²) in [6.07, 6.45) is 2.32. The first-order valence-corrected chi connectivity index (χ1v) is 7.11. The topological polar surface area (TPSA) is 24.4 Å². The van der Waals surface area contributed by atoms with Crippen molar-refractivity contribution in [3.8, 4) is 0 Å². The van der Waals surface area contributed by atoms with Crippen molar-refractivity contribution < 1.29 is 0 Å². The minimum atomic E-state index is 0.703. The Morgan fingerprint density at radius 2 is 2.53 bits per heavy atom. The van der Waals surface area contributed by atoms with E-state index in [0.717, 1.165) is 24.7 Å². The van der Waals surface area contributed by atoms with E-state index in [1.165, 1.54) is 11.3 Å². The molecule has 1 N–H and O–H groups in total. The van der Waals surface area contributed by atoms with E-state index < -0.39 is 0 Å². The molecule has 2 rings (SSSR count). The fraction of sp³-hybridized carbons (Fsp3) is 0.545. The second-order valence-electron chi connectivity index (χ2n) is 3.55. The van der Waals surface area contributed by atoms with E-state index in [9.17, 15) is 0 Å². The molecule has 0 saturated carbocycles. The van der Waals surface area contributed by atoms with E-state index in [2.05, 4.69) is 34.7 Å². The molecule has 0 saturated heterocycles. The summed E-state index contributed by atoms with van der Waals surface area (Å²) in [5.41, 5.74) is 0. The van der Waals surface area contributed by atoms with E-state index in [1.807, 2.05) is 23.1 Å². The Hall–Kier alpha value is -0.480. The molecule has 0 radical (unpaired) electrons. The van der Waals surface area contributed by atoms with Crippen molar-refractivity contribution in [2.75, 3.05) is 13.1 Å². The van der Waals surface area contributed by atoms with Crippen LogP contribution in [0.5, 0.6) is 0 Å². The Balaban J connectivity index is 1.67. The van der Waals surface area contributed by atoms with Gasteiger partial charge in [0.2, 0.25) is 0 Å². The molecule has 1 aliphatic heterocycles.